The van der Waals surface area contributed by atoms with E-state index in [0.717, 1.165) is 19.3 Å². The van der Waals surface area contributed by atoms with Crippen molar-refractivity contribution in [2.24, 2.45) is 0 Å². The maximum Gasteiger partial charge on any atom is 0.338 e. The third kappa shape index (κ3) is 5.48. The lowest BCUT2D eigenvalue weighted by atomic mass is 9.99. The summed E-state index contributed by atoms with van der Waals surface area (Å²) < 4.78 is 15.0. The van der Waals surface area contributed by atoms with Crippen LogP contribution in [0.2, 0.25) is 0 Å². The molecule has 7 nitrogen and oxygen atoms in total. The van der Waals surface area contributed by atoms with Crippen molar-refractivity contribution >= 4 is 5.97 Å². The number of aliphatic hydroxyl groups is 3. The van der Waals surface area contributed by atoms with Gasteiger partial charge in [-0.05, 0) is 6.42 Å². The summed E-state index contributed by atoms with van der Waals surface area (Å²) in [6.07, 6.45) is -0.624. The second-order valence-electron chi connectivity index (χ2n) is 5.57. The molecule has 5 atom stereocenters. The lowest BCUT2D eigenvalue weighted by Crippen LogP contribution is -2.60. The van der Waals surface area contributed by atoms with E-state index in [0.29, 0.717) is 0 Å². The lowest BCUT2D eigenvalue weighted by Gasteiger charge is -2.38. The molecule has 130 valence electrons. The highest BCUT2D eigenvalue weighted by molar-refractivity contribution is 5.75. The molecule has 22 heavy (non-hydrogen) atoms. The van der Waals surface area contributed by atoms with Crippen LogP contribution in [-0.4, -0.2) is 65.7 Å². The molecule has 0 saturated carbocycles. The maximum atomic E-state index is 11.9. The van der Waals surface area contributed by atoms with Gasteiger partial charge in [-0.3, -0.25) is 0 Å². The topological polar surface area (TPSA) is 105 Å². The Morgan fingerprint density at radius 1 is 1.00 bits per heavy atom. The van der Waals surface area contributed by atoms with E-state index in [4.69, 9.17) is 14.2 Å². The molecular weight excluding hydrogens is 292 g/mol. The molecule has 1 fully saturated rings. The SMILES string of the molecule is CCCCCCCCOC(=O)[C@H]1O[C@H](OC)[C@@H](O)[C@@H](O)[C@@H]1O. The fraction of sp³-hybridized carbons (Fsp3) is 0.933. The highest BCUT2D eigenvalue weighted by atomic mass is 16.7. The van der Waals surface area contributed by atoms with Crippen molar-refractivity contribution < 1.29 is 34.3 Å². The number of methoxy groups -OCH3 is 1. The molecule has 3 N–H and O–H groups in total. The molecule has 0 bridgehead atoms. The number of unbranched alkanes of at least 4 members (excludes halogenated alkanes) is 5. The molecule has 0 radical (unpaired) electrons. The van der Waals surface area contributed by atoms with Crippen LogP contribution < -0.4 is 0 Å². The first kappa shape index (κ1) is 19.3. The third-order valence-corrected chi connectivity index (χ3v) is 3.78. The molecule has 0 unspecified atom stereocenters. The first-order valence-electron chi connectivity index (χ1n) is 7.92. The van der Waals surface area contributed by atoms with Crippen LogP contribution in [0.3, 0.4) is 0 Å². The van der Waals surface area contributed by atoms with Gasteiger partial charge in [0, 0.05) is 7.11 Å². The smallest absolute Gasteiger partial charge is 0.338 e. The Kier molecular flexibility index (Phi) is 8.89. The number of esters is 1. The zero-order valence-electron chi connectivity index (χ0n) is 13.3. The van der Waals surface area contributed by atoms with E-state index >= 15 is 0 Å². The van der Waals surface area contributed by atoms with Gasteiger partial charge in [0.05, 0.1) is 6.61 Å². The molecule has 0 amide bonds. The van der Waals surface area contributed by atoms with Crippen LogP contribution in [0.4, 0.5) is 0 Å². The highest BCUT2D eigenvalue weighted by Crippen LogP contribution is 2.22. The van der Waals surface area contributed by atoms with Crippen LogP contribution in [0.15, 0.2) is 0 Å². The monoisotopic (exact) mass is 320 g/mol. The third-order valence-electron chi connectivity index (χ3n) is 3.78. The van der Waals surface area contributed by atoms with Crippen molar-refractivity contribution in [2.45, 2.75) is 76.2 Å². The van der Waals surface area contributed by atoms with Gasteiger partial charge in [0.15, 0.2) is 12.4 Å². The van der Waals surface area contributed by atoms with Crippen molar-refractivity contribution in [1.29, 1.82) is 0 Å². The van der Waals surface area contributed by atoms with E-state index in [-0.39, 0.29) is 6.61 Å². The van der Waals surface area contributed by atoms with Gasteiger partial charge in [-0.15, -0.1) is 0 Å². The van der Waals surface area contributed by atoms with E-state index in [1.807, 2.05) is 0 Å². The van der Waals surface area contributed by atoms with E-state index in [1.165, 1.54) is 26.4 Å². The van der Waals surface area contributed by atoms with Crippen LogP contribution in [-0.2, 0) is 19.0 Å². The Labute approximate surface area is 131 Å². The van der Waals surface area contributed by atoms with Gasteiger partial charge in [0.25, 0.3) is 0 Å². The van der Waals surface area contributed by atoms with E-state index in [9.17, 15) is 20.1 Å². The molecule has 1 aliphatic heterocycles. The normalized spacial score (nSPS) is 32.0. The first-order valence-corrected chi connectivity index (χ1v) is 7.92. The molecule has 0 aliphatic carbocycles. The number of carbonyl (C=O) groups excluding carboxylic acids is 1. The van der Waals surface area contributed by atoms with E-state index in [1.54, 1.807) is 0 Å². The molecular formula is C15H28O7. The summed E-state index contributed by atoms with van der Waals surface area (Å²) in [7, 11) is 1.27. The van der Waals surface area contributed by atoms with Crippen LogP contribution in [0.1, 0.15) is 45.4 Å². The van der Waals surface area contributed by atoms with Gasteiger partial charge < -0.3 is 29.5 Å². The largest absolute Gasteiger partial charge is 0.464 e. The van der Waals surface area contributed by atoms with Crippen LogP contribution >= 0.6 is 0 Å². The highest BCUT2D eigenvalue weighted by Gasteiger charge is 2.47. The van der Waals surface area contributed by atoms with Gasteiger partial charge in [-0.25, -0.2) is 4.79 Å². The van der Waals surface area contributed by atoms with Crippen molar-refractivity contribution in [1.82, 2.24) is 0 Å². The predicted octanol–water partition coefficient (Wildman–Crippen LogP) is 0.344. The second-order valence-corrected chi connectivity index (χ2v) is 5.57. The quantitative estimate of drug-likeness (QED) is 0.415. The number of aliphatic hydroxyl groups excluding tert-OH is 3. The van der Waals surface area contributed by atoms with Gasteiger partial charge in [-0.2, -0.15) is 0 Å². The average Bonchev–Trinajstić information content (AvgIpc) is 2.52. The Morgan fingerprint density at radius 2 is 1.64 bits per heavy atom. The van der Waals surface area contributed by atoms with Crippen LogP contribution in [0.25, 0.3) is 0 Å². The van der Waals surface area contributed by atoms with Crippen molar-refractivity contribution in [3.05, 3.63) is 0 Å². The van der Waals surface area contributed by atoms with Gasteiger partial charge >= 0.3 is 5.97 Å². The standard InChI is InChI=1S/C15H28O7/c1-3-4-5-6-7-8-9-21-14(19)13-11(17)10(16)12(18)15(20-2)22-13/h10-13,15-18H,3-9H2,1-2H3/t10-,11-,12-,13-,15-/m0/s1. The molecule has 1 heterocycles. The number of ether oxygens (including phenoxy) is 3. The summed E-state index contributed by atoms with van der Waals surface area (Å²) in [6, 6.07) is 0. The number of rotatable bonds is 9. The number of hydrogen-bond donors (Lipinski definition) is 3. The Balaban J connectivity index is 2.31. The molecule has 0 spiro atoms. The summed E-state index contributed by atoms with van der Waals surface area (Å²) in [6.45, 7) is 2.39. The summed E-state index contributed by atoms with van der Waals surface area (Å²) >= 11 is 0. The fourth-order valence-corrected chi connectivity index (χ4v) is 2.37. The summed E-state index contributed by atoms with van der Waals surface area (Å²) in [5.41, 5.74) is 0. The molecule has 1 saturated heterocycles. The first-order chi connectivity index (χ1) is 10.5. The van der Waals surface area contributed by atoms with Gasteiger partial charge in [-0.1, -0.05) is 39.0 Å². The maximum absolute atomic E-state index is 11.9. The van der Waals surface area contributed by atoms with Gasteiger partial charge in [0.2, 0.25) is 0 Å². The average molecular weight is 320 g/mol. The molecule has 7 heteroatoms. The van der Waals surface area contributed by atoms with Crippen molar-refractivity contribution in [3.8, 4) is 0 Å². The predicted molar refractivity (Wildman–Crippen MR) is 78.0 cm³/mol. The zero-order valence-corrected chi connectivity index (χ0v) is 13.3. The molecule has 1 aliphatic rings. The van der Waals surface area contributed by atoms with E-state index in [2.05, 4.69) is 6.92 Å². The second kappa shape index (κ2) is 10.1. The minimum absolute atomic E-state index is 0.244. The van der Waals surface area contributed by atoms with E-state index < -0.39 is 36.7 Å². The summed E-state index contributed by atoms with van der Waals surface area (Å²) in [5, 5.41) is 29.1. The van der Waals surface area contributed by atoms with Crippen LogP contribution in [0.5, 0.6) is 0 Å². The Hall–Kier alpha value is -0.730. The fourth-order valence-electron chi connectivity index (χ4n) is 2.37. The molecule has 1 rings (SSSR count). The Bertz CT molecular complexity index is 321. The van der Waals surface area contributed by atoms with Crippen molar-refractivity contribution in [2.75, 3.05) is 13.7 Å². The molecule has 0 aromatic carbocycles. The summed E-state index contributed by atoms with van der Waals surface area (Å²) in [5.74, 6) is -0.756. The Morgan fingerprint density at radius 3 is 2.27 bits per heavy atom. The zero-order chi connectivity index (χ0) is 16.5. The molecule has 0 aromatic rings. The lowest BCUT2D eigenvalue weighted by molar-refractivity contribution is -0.288. The van der Waals surface area contributed by atoms with Crippen molar-refractivity contribution in [3.63, 3.8) is 0 Å². The summed E-state index contributed by atoms with van der Waals surface area (Å²) in [4.78, 5) is 11.9. The van der Waals surface area contributed by atoms with Gasteiger partial charge in [0.1, 0.15) is 18.3 Å². The number of hydrogen-bond acceptors (Lipinski definition) is 7. The molecule has 0 aromatic heterocycles. The minimum atomic E-state index is -1.54. The number of carbonyl (C=O) groups is 1. The minimum Gasteiger partial charge on any atom is -0.464 e. The van der Waals surface area contributed by atoms with Crippen LogP contribution in [0, 0.1) is 0 Å².